The third-order valence-electron chi connectivity index (χ3n) is 2.80. The standard InChI is InChI=1S/C14H16FNO2/c1-10(13-4-3-7-18-13)16-9-11-5-6-14(17-2)12(15)8-11/h3-8,10,16H,9H2,1-2H3/t10-/m0/s1. The Morgan fingerprint density at radius 3 is 2.83 bits per heavy atom. The second-order valence-corrected chi connectivity index (χ2v) is 4.09. The summed E-state index contributed by atoms with van der Waals surface area (Å²) in [6, 6.07) is 8.78. The molecule has 2 aromatic rings. The normalized spacial score (nSPS) is 12.4. The second-order valence-electron chi connectivity index (χ2n) is 4.09. The van der Waals surface area contributed by atoms with Crippen LogP contribution in [0.1, 0.15) is 24.3 Å². The molecule has 0 spiro atoms. The summed E-state index contributed by atoms with van der Waals surface area (Å²) in [4.78, 5) is 0. The highest BCUT2D eigenvalue weighted by molar-refractivity contribution is 5.29. The van der Waals surface area contributed by atoms with E-state index in [4.69, 9.17) is 9.15 Å². The zero-order valence-electron chi connectivity index (χ0n) is 10.4. The molecule has 1 atom stereocenters. The lowest BCUT2D eigenvalue weighted by atomic mass is 10.2. The van der Waals surface area contributed by atoms with Gasteiger partial charge >= 0.3 is 0 Å². The van der Waals surface area contributed by atoms with Gasteiger partial charge in [0.05, 0.1) is 19.4 Å². The molecule has 0 aliphatic carbocycles. The highest BCUT2D eigenvalue weighted by atomic mass is 19.1. The van der Waals surface area contributed by atoms with Gasteiger partial charge < -0.3 is 14.5 Å². The van der Waals surface area contributed by atoms with Crippen molar-refractivity contribution in [2.75, 3.05) is 7.11 Å². The van der Waals surface area contributed by atoms with Crippen molar-refractivity contribution < 1.29 is 13.5 Å². The minimum Gasteiger partial charge on any atom is -0.494 e. The first kappa shape index (κ1) is 12.6. The van der Waals surface area contributed by atoms with Crippen LogP contribution < -0.4 is 10.1 Å². The van der Waals surface area contributed by atoms with Gasteiger partial charge in [-0.2, -0.15) is 0 Å². The van der Waals surface area contributed by atoms with Crippen LogP contribution in [0.25, 0.3) is 0 Å². The van der Waals surface area contributed by atoms with Crippen LogP contribution >= 0.6 is 0 Å². The maximum atomic E-state index is 13.5. The quantitative estimate of drug-likeness (QED) is 0.883. The average Bonchev–Trinajstić information content (AvgIpc) is 2.90. The Balaban J connectivity index is 1.96. The van der Waals surface area contributed by atoms with Gasteiger partial charge in [0, 0.05) is 6.54 Å². The molecule has 0 amide bonds. The number of rotatable bonds is 5. The molecule has 2 rings (SSSR count). The molecule has 3 nitrogen and oxygen atoms in total. The summed E-state index contributed by atoms with van der Waals surface area (Å²) in [5, 5.41) is 3.26. The lowest BCUT2D eigenvalue weighted by Crippen LogP contribution is -2.17. The molecule has 0 bridgehead atoms. The van der Waals surface area contributed by atoms with Crippen molar-refractivity contribution in [1.29, 1.82) is 0 Å². The summed E-state index contributed by atoms with van der Waals surface area (Å²) in [5.41, 5.74) is 0.867. The van der Waals surface area contributed by atoms with E-state index < -0.39 is 0 Å². The monoisotopic (exact) mass is 249 g/mol. The van der Waals surface area contributed by atoms with Crippen molar-refractivity contribution in [3.8, 4) is 5.75 Å². The van der Waals surface area contributed by atoms with Crippen LogP contribution in [0, 0.1) is 5.82 Å². The van der Waals surface area contributed by atoms with Gasteiger partial charge in [0.1, 0.15) is 5.76 Å². The summed E-state index contributed by atoms with van der Waals surface area (Å²) in [7, 11) is 1.45. The van der Waals surface area contributed by atoms with Gasteiger partial charge in [0.25, 0.3) is 0 Å². The van der Waals surface area contributed by atoms with Gasteiger partial charge in [-0.15, -0.1) is 0 Å². The van der Waals surface area contributed by atoms with E-state index in [-0.39, 0.29) is 17.6 Å². The minimum absolute atomic E-state index is 0.0881. The molecular weight excluding hydrogens is 233 g/mol. The molecule has 1 aromatic carbocycles. The third kappa shape index (κ3) is 2.90. The van der Waals surface area contributed by atoms with Crippen LogP contribution in [0.3, 0.4) is 0 Å². The van der Waals surface area contributed by atoms with E-state index in [9.17, 15) is 4.39 Å². The maximum absolute atomic E-state index is 13.5. The van der Waals surface area contributed by atoms with Crippen molar-refractivity contribution in [1.82, 2.24) is 5.32 Å². The smallest absolute Gasteiger partial charge is 0.165 e. The van der Waals surface area contributed by atoms with Crippen molar-refractivity contribution in [2.45, 2.75) is 19.5 Å². The molecule has 18 heavy (non-hydrogen) atoms. The van der Waals surface area contributed by atoms with E-state index in [0.717, 1.165) is 11.3 Å². The van der Waals surface area contributed by atoms with Crippen molar-refractivity contribution >= 4 is 0 Å². The Hall–Kier alpha value is -1.81. The number of hydrogen-bond donors (Lipinski definition) is 1. The van der Waals surface area contributed by atoms with E-state index in [2.05, 4.69) is 5.32 Å². The van der Waals surface area contributed by atoms with Gasteiger partial charge in [-0.3, -0.25) is 0 Å². The SMILES string of the molecule is COc1ccc(CN[C@@H](C)c2ccco2)cc1F. The molecule has 1 heterocycles. The fourth-order valence-electron chi connectivity index (χ4n) is 1.73. The molecule has 96 valence electrons. The van der Waals surface area contributed by atoms with Gasteiger partial charge in [-0.25, -0.2) is 4.39 Å². The Labute approximate surface area is 106 Å². The fraction of sp³-hybridized carbons (Fsp3) is 0.286. The Bertz CT molecular complexity index is 497. The van der Waals surface area contributed by atoms with Gasteiger partial charge in [0.15, 0.2) is 11.6 Å². The molecule has 0 saturated carbocycles. The van der Waals surface area contributed by atoms with E-state index in [0.29, 0.717) is 6.54 Å². The number of ether oxygens (including phenoxy) is 1. The van der Waals surface area contributed by atoms with Crippen LogP contribution in [0.4, 0.5) is 4.39 Å². The zero-order valence-corrected chi connectivity index (χ0v) is 10.4. The van der Waals surface area contributed by atoms with Gasteiger partial charge in [-0.05, 0) is 36.8 Å². The third-order valence-corrected chi connectivity index (χ3v) is 2.80. The molecule has 0 aliphatic heterocycles. The molecule has 0 saturated heterocycles. The minimum atomic E-state index is -0.345. The van der Waals surface area contributed by atoms with Crippen LogP contribution in [0.15, 0.2) is 41.0 Å². The number of nitrogens with one attached hydrogen (secondary N) is 1. The summed E-state index contributed by atoms with van der Waals surface area (Å²) in [6.07, 6.45) is 1.64. The molecule has 0 aliphatic rings. The first-order valence-electron chi connectivity index (χ1n) is 5.80. The molecule has 0 fully saturated rings. The lowest BCUT2D eigenvalue weighted by molar-refractivity contribution is 0.385. The van der Waals surface area contributed by atoms with Crippen molar-refractivity contribution in [3.05, 3.63) is 53.7 Å². The van der Waals surface area contributed by atoms with Crippen molar-refractivity contribution in [2.24, 2.45) is 0 Å². The van der Waals surface area contributed by atoms with Crippen LogP contribution in [0.2, 0.25) is 0 Å². The summed E-state index contributed by atoms with van der Waals surface area (Å²) < 4.78 is 23.6. The number of furan rings is 1. The first-order chi connectivity index (χ1) is 8.70. The summed E-state index contributed by atoms with van der Waals surface area (Å²) in [6.45, 7) is 2.57. The largest absolute Gasteiger partial charge is 0.494 e. The second kappa shape index (κ2) is 5.69. The molecule has 0 unspecified atom stereocenters. The van der Waals surface area contributed by atoms with E-state index >= 15 is 0 Å². The zero-order chi connectivity index (χ0) is 13.0. The molecular formula is C14H16FNO2. The molecule has 0 radical (unpaired) electrons. The predicted octanol–water partition coefficient (Wildman–Crippen LogP) is 3.28. The van der Waals surface area contributed by atoms with Gasteiger partial charge in [0.2, 0.25) is 0 Å². The maximum Gasteiger partial charge on any atom is 0.165 e. The van der Waals surface area contributed by atoms with Crippen LogP contribution in [0.5, 0.6) is 5.75 Å². The van der Waals surface area contributed by atoms with E-state index in [1.807, 2.05) is 25.1 Å². The lowest BCUT2D eigenvalue weighted by Gasteiger charge is -2.11. The van der Waals surface area contributed by atoms with E-state index in [1.54, 1.807) is 12.3 Å². The van der Waals surface area contributed by atoms with Crippen LogP contribution in [-0.4, -0.2) is 7.11 Å². The Morgan fingerprint density at radius 1 is 1.39 bits per heavy atom. The highest BCUT2D eigenvalue weighted by Gasteiger charge is 2.08. The Morgan fingerprint density at radius 2 is 2.22 bits per heavy atom. The summed E-state index contributed by atoms with van der Waals surface area (Å²) >= 11 is 0. The predicted molar refractivity (Wildman–Crippen MR) is 66.9 cm³/mol. The highest BCUT2D eigenvalue weighted by Crippen LogP contribution is 2.18. The van der Waals surface area contributed by atoms with Crippen LogP contribution in [-0.2, 0) is 6.54 Å². The Kier molecular flexibility index (Phi) is 3.99. The molecule has 1 aromatic heterocycles. The van der Waals surface area contributed by atoms with Gasteiger partial charge in [-0.1, -0.05) is 6.07 Å². The first-order valence-corrected chi connectivity index (χ1v) is 5.80. The number of benzene rings is 1. The van der Waals surface area contributed by atoms with Crippen molar-refractivity contribution in [3.63, 3.8) is 0 Å². The topological polar surface area (TPSA) is 34.4 Å². The van der Waals surface area contributed by atoms with E-state index in [1.165, 1.54) is 13.2 Å². The number of halogens is 1. The molecule has 1 N–H and O–H groups in total. The summed E-state index contributed by atoms with van der Waals surface area (Å²) in [5.74, 6) is 0.782. The average molecular weight is 249 g/mol. The fourth-order valence-corrected chi connectivity index (χ4v) is 1.73. The number of methoxy groups -OCH3 is 1. The molecule has 4 heteroatoms. The number of hydrogen-bond acceptors (Lipinski definition) is 3.